The van der Waals surface area contributed by atoms with Crippen LogP contribution in [-0.4, -0.2) is 29.6 Å². The third kappa shape index (κ3) is 6.33. The molecule has 1 atom stereocenters. The summed E-state index contributed by atoms with van der Waals surface area (Å²) in [6, 6.07) is 9.41. The van der Waals surface area contributed by atoms with Crippen molar-refractivity contribution < 1.29 is 14.7 Å². The van der Waals surface area contributed by atoms with Gasteiger partial charge >= 0.3 is 5.97 Å². The quantitative estimate of drug-likeness (QED) is 0.671. The summed E-state index contributed by atoms with van der Waals surface area (Å²) in [5, 5.41) is 14.2. The summed E-state index contributed by atoms with van der Waals surface area (Å²) in [7, 11) is 0. The lowest BCUT2D eigenvalue weighted by molar-refractivity contribution is -0.138. The van der Waals surface area contributed by atoms with E-state index < -0.39 is 5.97 Å². The van der Waals surface area contributed by atoms with Gasteiger partial charge < -0.3 is 15.7 Å². The number of benzene rings is 1. The van der Waals surface area contributed by atoms with E-state index in [0.29, 0.717) is 18.9 Å². The van der Waals surface area contributed by atoms with E-state index in [0.717, 1.165) is 5.56 Å². The largest absolute Gasteiger partial charge is 0.480 e. The molecule has 5 nitrogen and oxygen atoms in total. The molecule has 0 saturated carbocycles. The Morgan fingerprint density at radius 2 is 1.85 bits per heavy atom. The molecule has 1 amide bonds. The van der Waals surface area contributed by atoms with Crippen LogP contribution in [0.3, 0.4) is 0 Å². The molecular formula is C15H22N2O3. The highest BCUT2D eigenvalue weighted by Gasteiger charge is 2.19. The Hall–Kier alpha value is -1.88. The van der Waals surface area contributed by atoms with E-state index in [1.165, 1.54) is 0 Å². The zero-order valence-electron chi connectivity index (χ0n) is 11.9. The van der Waals surface area contributed by atoms with Gasteiger partial charge in [0.1, 0.15) is 6.54 Å². The van der Waals surface area contributed by atoms with Crippen molar-refractivity contribution in [3.8, 4) is 0 Å². The van der Waals surface area contributed by atoms with E-state index in [4.69, 9.17) is 5.11 Å². The lowest BCUT2D eigenvalue weighted by Crippen LogP contribution is -2.46. The first-order valence-corrected chi connectivity index (χ1v) is 6.76. The predicted molar refractivity (Wildman–Crippen MR) is 77.2 cm³/mol. The average molecular weight is 278 g/mol. The van der Waals surface area contributed by atoms with E-state index in [1.54, 1.807) is 0 Å². The molecule has 0 aliphatic heterocycles. The highest BCUT2D eigenvalue weighted by atomic mass is 16.4. The molecule has 20 heavy (non-hydrogen) atoms. The summed E-state index contributed by atoms with van der Waals surface area (Å²) in [6.07, 6.45) is 0.665. The zero-order chi connectivity index (χ0) is 15.0. The third-order valence-electron chi connectivity index (χ3n) is 2.83. The first kappa shape index (κ1) is 16.2. The van der Waals surface area contributed by atoms with Crippen LogP contribution in [-0.2, 0) is 16.1 Å². The summed E-state index contributed by atoms with van der Waals surface area (Å²) in [5.74, 6) is -0.958. The number of hydrogen-bond acceptors (Lipinski definition) is 3. The second-order valence-corrected chi connectivity index (χ2v) is 5.16. The van der Waals surface area contributed by atoms with Gasteiger partial charge in [-0.25, -0.2) is 0 Å². The molecule has 0 aliphatic rings. The highest BCUT2D eigenvalue weighted by Crippen LogP contribution is 2.06. The molecule has 0 fully saturated rings. The molecule has 1 aromatic carbocycles. The van der Waals surface area contributed by atoms with Crippen LogP contribution in [0.5, 0.6) is 0 Å². The average Bonchev–Trinajstić information content (AvgIpc) is 2.41. The Bertz CT molecular complexity index is 432. The minimum absolute atomic E-state index is 0.267. The number of nitrogens with one attached hydrogen (secondary N) is 2. The van der Waals surface area contributed by atoms with E-state index >= 15 is 0 Å². The second-order valence-electron chi connectivity index (χ2n) is 5.16. The maximum atomic E-state index is 12.0. The molecular weight excluding hydrogens is 256 g/mol. The van der Waals surface area contributed by atoms with Crippen LogP contribution in [0.25, 0.3) is 0 Å². The van der Waals surface area contributed by atoms with Crippen molar-refractivity contribution in [3.63, 3.8) is 0 Å². The first-order valence-electron chi connectivity index (χ1n) is 6.76. The van der Waals surface area contributed by atoms with Crippen molar-refractivity contribution in [1.82, 2.24) is 10.6 Å². The van der Waals surface area contributed by atoms with Crippen LogP contribution < -0.4 is 10.6 Å². The Balaban J connectivity index is 2.55. The standard InChI is InChI=1S/C15H22N2O3/c1-11(2)8-13(15(20)17-10-14(18)19)16-9-12-6-4-3-5-7-12/h3-7,11,13,16H,8-10H2,1-2H3,(H,17,20)(H,18,19). The van der Waals surface area contributed by atoms with Crippen LogP contribution in [0.15, 0.2) is 30.3 Å². The van der Waals surface area contributed by atoms with Crippen LogP contribution in [0.4, 0.5) is 0 Å². The minimum Gasteiger partial charge on any atom is -0.480 e. The maximum absolute atomic E-state index is 12.0. The number of amides is 1. The molecule has 1 rings (SSSR count). The fourth-order valence-corrected chi connectivity index (χ4v) is 1.88. The van der Waals surface area contributed by atoms with Gasteiger partial charge in [-0.1, -0.05) is 44.2 Å². The van der Waals surface area contributed by atoms with E-state index in [-0.39, 0.29) is 18.5 Å². The van der Waals surface area contributed by atoms with Gasteiger partial charge in [-0.3, -0.25) is 9.59 Å². The number of rotatable bonds is 8. The minimum atomic E-state index is -1.04. The van der Waals surface area contributed by atoms with Crippen molar-refractivity contribution in [1.29, 1.82) is 0 Å². The molecule has 0 saturated heterocycles. The molecule has 1 unspecified atom stereocenters. The van der Waals surface area contributed by atoms with Gasteiger partial charge in [-0.05, 0) is 17.9 Å². The number of carboxylic acid groups (broad SMARTS) is 1. The molecule has 0 bridgehead atoms. The molecule has 0 aromatic heterocycles. The van der Waals surface area contributed by atoms with Gasteiger partial charge in [0.05, 0.1) is 6.04 Å². The van der Waals surface area contributed by atoms with E-state index in [9.17, 15) is 9.59 Å². The van der Waals surface area contributed by atoms with Crippen molar-refractivity contribution in [2.75, 3.05) is 6.54 Å². The molecule has 0 spiro atoms. The summed E-state index contributed by atoms with van der Waals surface area (Å²) < 4.78 is 0. The van der Waals surface area contributed by atoms with Gasteiger partial charge in [0.2, 0.25) is 5.91 Å². The summed E-state index contributed by atoms with van der Waals surface area (Å²) in [4.78, 5) is 22.5. The predicted octanol–water partition coefficient (Wildman–Crippen LogP) is 1.39. The van der Waals surface area contributed by atoms with Crippen LogP contribution in [0.1, 0.15) is 25.8 Å². The SMILES string of the molecule is CC(C)CC(NCc1ccccc1)C(=O)NCC(=O)O. The lowest BCUT2D eigenvalue weighted by Gasteiger charge is -2.19. The Morgan fingerprint density at radius 1 is 1.20 bits per heavy atom. The topological polar surface area (TPSA) is 78.4 Å². The molecule has 0 heterocycles. The van der Waals surface area contributed by atoms with E-state index in [2.05, 4.69) is 10.6 Å². The lowest BCUT2D eigenvalue weighted by atomic mass is 10.0. The number of hydrogen-bond donors (Lipinski definition) is 3. The molecule has 0 radical (unpaired) electrons. The number of carbonyl (C=O) groups is 2. The Labute approximate surface area is 119 Å². The summed E-state index contributed by atoms with van der Waals surface area (Å²) in [5.41, 5.74) is 1.09. The van der Waals surface area contributed by atoms with E-state index in [1.807, 2.05) is 44.2 Å². The van der Waals surface area contributed by atoms with Gasteiger partial charge in [-0.15, -0.1) is 0 Å². The van der Waals surface area contributed by atoms with Crippen molar-refractivity contribution in [2.45, 2.75) is 32.9 Å². The molecule has 0 aliphatic carbocycles. The van der Waals surface area contributed by atoms with Crippen molar-refractivity contribution in [3.05, 3.63) is 35.9 Å². The van der Waals surface area contributed by atoms with Crippen LogP contribution in [0.2, 0.25) is 0 Å². The second kappa shape index (κ2) is 8.32. The monoisotopic (exact) mass is 278 g/mol. The Kier molecular flexibility index (Phi) is 6.73. The normalized spacial score (nSPS) is 12.2. The smallest absolute Gasteiger partial charge is 0.322 e. The number of carboxylic acids is 1. The van der Waals surface area contributed by atoms with Crippen molar-refractivity contribution >= 4 is 11.9 Å². The molecule has 5 heteroatoms. The molecule has 1 aromatic rings. The fraction of sp³-hybridized carbons (Fsp3) is 0.467. The first-order chi connectivity index (χ1) is 9.49. The van der Waals surface area contributed by atoms with Crippen LogP contribution in [0, 0.1) is 5.92 Å². The number of aliphatic carboxylic acids is 1. The van der Waals surface area contributed by atoms with Gasteiger partial charge in [-0.2, -0.15) is 0 Å². The summed E-state index contributed by atoms with van der Waals surface area (Å²) >= 11 is 0. The number of carbonyl (C=O) groups excluding carboxylic acids is 1. The third-order valence-corrected chi connectivity index (χ3v) is 2.83. The van der Waals surface area contributed by atoms with Gasteiger partial charge in [0, 0.05) is 6.54 Å². The van der Waals surface area contributed by atoms with Crippen LogP contribution >= 0.6 is 0 Å². The molecule has 110 valence electrons. The fourth-order valence-electron chi connectivity index (χ4n) is 1.88. The zero-order valence-corrected chi connectivity index (χ0v) is 11.9. The Morgan fingerprint density at radius 3 is 2.40 bits per heavy atom. The van der Waals surface area contributed by atoms with Gasteiger partial charge in [0.15, 0.2) is 0 Å². The highest BCUT2D eigenvalue weighted by molar-refractivity contribution is 5.85. The van der Waals surface area contributed by atoms with Crippen molar-refractivity contribution in [2.24, 2.45) is 5.92 Å². The maximum Gasteiger partial charge on any atom is 0.322 e. The molecule has 3 N–H and O–H groups in total. The summed E-state index contributed by atoms with van der Waals surface area (Å²) in [6.45, 7) is 4.29. The van der Waals surface area contributed by atoms with Gasteiger partial charge in [0.25, 0.3) is 0 Å².